The average molecular weight is 327 g/mol. The molecule has 1 rings (SSSR count). The molecule has 0 aromatic rings. The summed E-state index contributed by atoms with van der Waals surface area (Å²) in [7, 11) is 0. The third-order valence-corrected chi connectivity index (χ3v) is 4.24. The first-order valence-corrected chi connectivity index (χ1v) is 8.94. The van der Waals surface area contributed by atoms with Crippen LogP contribution in [0.25, 0.3) is 0 Å². The van der Waals surface area contributed by atoms with Crippen LogP contribution in [0.5, 0.6) is 0 Å². The van der Waals surface area contributed by atoms with E-state index in [1.54, 1.807) is 0 Å². The van der Waals surface area contributed by atoms with E-state index in [1.807, 2.05) is 0 Å². The Morgan fingerprint density at radius 3 is 2.36 bits per heavy atom. The van der Waals surface area contributed by atoms with Gasteiger partial charge in [0.15, 0.2) is 5.11 Å². The van der Waals surface area contributed by atoms with Gasteiger partial charge in [0.2, 0.25) is 11.8 Å². The smallest absolute Gasteiger partial charge is 0.241 e. The van der Waals surface area contributed by atoms with Crippen molar-refractivity contribution in [1.82, 2.24) is 16.2 Å². The summed E-state index contributed by atoms with van der Waals surface area (Å²) in [6, 6.07) is 0. The fraction of sp³-hybridized carbons (Fsp3) is 0.812. The molecule has 0 atom stereocenters. The van der Waals surface area contributed by atoms with Gasteiger partial charge in [0, 0.05) is 12.3 Å². The number of carbonyl (C=O) groups excluding carboxylic acids is 2. The van der Waals surface area contributed by atoms with E-state index in [1.165, 1.54) is 25.7 Å². The van der Waals surface area contributed by atoms with Crippen molar-refractivity contribution in [2.75, 3.05) is 0 Å². The summed E-state index contributed by atoms with van der Waals surface area (Å²) in [5, 5.41) is 2.76. The number of thiocarbonyl (C=S) groups is 1. The fourth-order valence-corrected chi connectivity index (χ4v) is 2.86. The summed E-state index contributed by atoms with van der Waals surface area (Å²) in [4.78, 5) is 23.6. The molecule has 0 saturated heterocycles. The average Bonchev–Trinajstić information content (AvgIpc) is 2.53. The molecule has 0 aromatic heterocycles. The van der Waals surface area contributed by atoms with Crippen LogP contribution in [0.1, 0.15) is 77.6 Å². The molecule has 6 heteroatoms. The van der Waals surface area contributed by atoms with E-state index in [0.717, 1.165) is 38.5 Å². The highest BCUT2D eigenvalue weighted by atomic mass is 32.1. The minimum absolute atomic E-state index is 0.0316. The maximum absolute atomic E-state index is 11.9. The lowest BCUT2D eigenvalue weighted by molar-refractivity contribution is -0.126. The highest BCUT2D eigenvalue weighted by Crippen LogP contribution is 2.23. The topological polar surface area (TPSA) is 70.2 Å². The summed E-state index contributed by atoms with van der Waals surface area (Å²) in [5.41, 5.74) is 5.22. The SMILES string of the molecule is CCCCCCCC(=O)NC(=S)NNC(=O)C1CCCCC1. The number of amides is 2. The molecule has 0 aromatic carbocycles. The Balaban J connectivity index is 2.09. The van der Waals surface area contributed by atoms with Gasteiger partial charge >= 0.3 is 0 Å². The highest BCUT2D eigenvalue weighted by Gasteiger charge is 2.20. The van der Waals surface area contributed by atoms with E-state index < -0.39 is 0 Å². The third kappa shape index (κ3) is 8.32. The van der Waals surface area contributed by atoms with Gasteiger partial charge in [-0.25, -0.2) is 0 Å². The van der Waals surface area contributed by atoms with Crippen molar-refractivity contribution in [2.24, 2.45) is 5.92 Å². The standard InChI is InChI=1S/C16H29N3O2S/c1-2-3-4-5-9-12-14(20)17-16(22)19-18-15(21)13-10-7-6-8-11-13/h13H,2-12H2,1H3,(H,18,21)(H2,17,19,20,22). The van der Waals surface area contributed by atoms with E-state index in [0.29, 0.717) is 6.42 Å². The lowest BCUT2D eigenvalue weighted by Gasteiger charge is -2.21. The zero-order chi connectivity index (χ0) is 16.2. The zero-order valence-corrected chi connectivity index (χ0v) is 14.4. The van der Waals surface area contributed by atoms with Crippen molar-refractivity contribution in [3.8, 4) is 0 Å². The van der Waals surface area contributed by atoms with E-state index in [4.69, 9.17) is 12.2 Å². The molecule has 1 fully saturated rings. The molecule has 1 aliphatic carbocycles. The van der Waals surface area contributed by atoms with Crippen molar-refractivity contribution in [1.29, 1.82) is 0 Å². The molecule has 0 heterocycles. The zero-order valence-electron chi connectivity index (χ0n) is 13.6. The number of carbonyl (C=O) groups is 2. The summed E-state index contributed by atoms with van der Waals surface area (Å²) in [6.07, 6.45) is 11.3. The first kappa shape index (κ1) is 18.9. The fourth-order valence-electron chi connectivity index (χ4n) is 2.69. The molecule has 3 N–H and O–H groups in total. The third-order valence-electron chi connectivity index (χ3n) is 4.04. The Morgan fingerprint density at radius 1 is 1.00 bits per heavy atom. The molecule has 0 radical (unpaired) electrons. The number of unbranched alkanes of at least 4 members (excludes halogenated alkanes) is 4. The molecule has 0 bridgehead atoms. The molecule has 0 spiro atoms. The molecule has 1 saturated carbocycles. The van der Waals surface area contributed by atoms with Gasteiger partial charge in [-0.2, -0.15) is 0 Å². The molecule has 0 aliphatic heterocycles. The van der Waals surface area contributed by atoms with Gasteiger partial charge in [0.25, 0.3) is 0 Å². The van der Waals surface area contributed by atoms with Crippen molar-refractivity contribution < 1.29 is 9.59 Å². The monoisotopic (exact) mass is 327 g/mol. The van der Waals surface area contributed by atoms with Gasteiger partial charge in [-0.1, -0.05) is 51.9 Å². The van der Waals surface area contributed by atoms with Crippen molar-refractivity contribution in [3.05, 3.63) is 0 Å². The minimum Gasteiger partial charge on any atom is -0.302 e. The Morgan fingerprint density at radius 2 is 1.68 bits per heavy atom. The van der Waals surface area contributed by atoms with E-state index in [-0.39, 0.29) is 22.8 Å². The summed E-state index contributed by atoms with van der Waals surface area (Å²) in [6.45, 7) is 2.17. The molecule has 22 heavy (non-hydrogen) atoms. The second-order valence-electron chi connectivity index (χ2n) is 5.99. The van der Waals surface area contributed by atoms with Crippen LogP contribution in [0.15, 0.2) is 0 Å². The Labute approximate surface area is 139 Å². The molecule has 5 nitrogen and oxygen atoms in total. The maximum atomic E-state index is 11.9. The molecule has 2 amide bonds. The van der Waals surface area contributed by atoms with Crippen LogP contribution in [0.4, 0.5) is 0 Å². The highest BCUT2D eigenvalue weighted by molar-refractivity contribution is 7.80. The van der Waals surface area contributed by atoms with E-state index in [9.17, 15) is 9.59 Å². The Hall–Kier alpha value is -1.17. The number of hydrazine groups is 1. The normalized spacial score (nSPS) is 15.1. The summed E-state index contributed by atoms with van der Waals surface area (Å²) in [5.74, 6) is -0.0601. The number of nitrogens with one attached hydrogen (secondary N) is 3. The first-order valence-electron chi connectivity index (χ1n) is 8.53. The van der Waals surface area contributed by atoms with Gasteiger partial charge < -0.3 is 5.32 Å². The molecule has 1 aliphatic rings. The lowest BCUT2D eigenvalue weighted by atomic mass is 9.89. The van der Waals surface area contributed by atoms with Crippen molar-refractivity contribution in [2.45, 2.75) is 77.6 Å². The Bertz CT molecular complexity index is 368. The summed E-state index contributed by atoms with van der Waals surface area (Å²) >= 11 is 5.01. The second-order valence-corrected chi connectivity index (χ2v) is 6.40. The molecular weight excluding hydrogens is 298 g/mol. The summed E-state index contributed by atoms with van der Waals surface area (Å²) < 4.78 is 0. The van der Waals surface area contributed by atoms with Crippen LogP contribution >= 0.6 is 12.2 Å². The number of rotatable bonds is 7. The van der Waals surface area contributed by atoms with Crippen LogP contribution in [0.3, 0.4) is 0 Å². The number of hydrogen-bond donors (Lipinski definition) is 3. The largest absolute Gasteiger partial charge is 0.302 e. The first-order chi connectivity index (χ1) is 10.6. The number of hydrogen-bond acceptors (Lipinski definition) is 3. The maximum Gasteiger partial charge on any atom is 0.241 e. The van der Waals surface area contributed by atoms with Crippen LogP contribution in [0.2, 0.25) is 0 Å². The van der Waals surface area contributed by atoms with Crippen LogP contribution in [-0.2, 0) is 9.59 Å². The minimum atomic E-state index is -0.0964. The van der Waals surface area contributed by atoms with Crippen LogP contribution in [-0.4, -0.2) is 16.9 Å². The van der Waals surface area contributed by atoms with Gasteiger partial charge in [0.1, 0.15) is 0 Å². The van der Waals surface area contributed by atoms with Crippen LogP contribution < -0.4 is 16.2 Å². The van der Waals surface area contributed by atoms with Gasteiger partial charge in [-0.15, -0.1) is 0 Å². The predicted molar refractivity (Wildman–Crippen MR) is 92.0 cm³/mol. The van der Waals surface area contributed by atoms with Crippen molar-refractivity contribution >= 4 is 29.1 Å². The molecular formula is C16H29N3O2S. The Kier molecular flexibility index (Phi) is 9.79. The van der Waals surface area contributed by atoms with Gasteiger partial charge in [-0.05, 0) is 31.5 Å². The van der Waals surface area contributed by atoms with Crippen molar-refractivity contribution in [3.63, 3.8) is 0 Å². The van der Waals surface area contributed by atoms with E-state index >= 15 is 0 Å². The molecule has 126 valence electrons. The predicted octanol–water partition coefficient (Wildman–Crippen LogP) is 2.95. The van der Waals surface area contributed by atoms with Gasteiger partial charge in [-0.3, -0.25) is 20.4 Å². The van der Waals surface area contributed by atoms with E-state index in [2.05, 4.69) is 23.1 Å². The lowest BCUT2D eigenvalue weighted by Crippen LogP contribution is -2.50. The van der Waals surface area contributed by atoms with Crippen LogP contribution in [0, 0.1) is 5.92 Å². The van der Waals surface area contributed by atoms with Gasteiger partial charge in [0.05, 0.1) is 0 Å². The quantitative estimate of drug-likeness (QED) is 0.382. The second kappa shape index (κ2) is 11.4. The molecule has 0 unspecified atom stereocenters.